The fraction of sp³-hybridized carbons (Fsp3) is 0. The van der Waals surface area contributed by atoms with Crippen molar-refractivity contribution in [2.75, 3.05) is 0 Å². The quantitative estimate of drug-likeness (QED) is 0.140. The second-order valence-electron chi connectivity index (χ2n) is 22.9. The highest BCUT2D eigenvalue weighted by Crippen LogP contribution is 2.51. The van der Waals surface area contributed by atoms with Crippen molar-refractivity contribution in [2.24, 2.45) is 0 Å². The lowest BCUT2D eigenvalue weighted by molar-refractivity contribution is 1.65. The fourth-order valence-corrected chi connectivity index (χ4v) is 16.9. The van der Waals surface area contributed by atoms with Crippen LogP contribution in [0.15, 0.2) is 303 Å². The molecule has 0 aliphatic heterocycles. The Morgan fingerprint density at radius 1 is 0.163 bits per heavy atom. The van der Waals surface area contributed by atoms with E-state index in [0.717, 1.165) is 0 Å². The molecule has 0 atom stereocenters. The molecule has 0 spiro atoms. The van der Waals surface area contributed by atoms with Crippen molar-refractivity contribution in [1.82, 2.24) is 0 Å². The van der Waals surface area contributed by atoms with Gasteiger partial charge in [-0.1, -0.05) is 273 Å². The molecule has 2 heterocycles. The van der Waals surface area contributed by atoms with E-state index in [1.165, 1.54) is 183 Å². The van der Waals surface area contributed by atoms with Gasteiger partial charge in [0.2, 0.25) is 0 Å². The summed E-state index contributed by atoms with van der Waals surface area (Å²) in [5.41, 5.74) is 17.5. The Balaban J connectivity index is 0.783. The van der Waals surface area contributed by atoms with E-state index in [-0.39, 0.29) is 0 Å². The lowest BCUT2D eigenvalue weighted by Gasteiger charge is -2.19. The van der Waals surface area contributed by atoms with E-state index >= 15 is 0 Å². The Bertz CT molecular complexity index is 5770. The summed E-state index contributed by atoms with van der Waals surface area (Å²) >= 11 is 3.84. The topological polar surface area (TPSA) is 0 Å². The number of hydrogen-bond acceptors (Lipinski definition) is 2. The van der Waals surface area contributed by atoms with Crippen LogP contribution in [0.5, 0.6) is 0 Å². The molecule has 398 valence electrons. The molecule has 18 aromatic rings. The van der Waals surface area contributed by atoms with Crippen LogP contribution in [0.25, 0.3) is 183 Å². The van der Waals surface area contributed by atoms with Gasteiger partial charge in [0.15, 0.2) is 0 Å². The molecule has 0 saturated carbocycles. The van der Waals surface area contributed by atoms with Crippen LogP contribution in [0.3, 0.4) is 0 Å². The van der Waals surface area contributed by atoms with Crippen LogP contribution in [0.2, 0.25) is 0 Å². The number of fused-ring (bicyclic) bond motifs is 12. The van der Waals surface area contributed by atoms with Gasteiger partial charge in [-0.15, -0.1) is 22.7 Å². The molecule has 16 aromatic carbocycles. The van der Waals surface area contributed by atoms with Crippen LogP contribution in [0, 0.1) is 0 Å². The van der Waals surface area contributed by atoms with Crippen LogP contribution in [-0.2, 0) is 0 Å². The lowest BCUT2D eigenvalue weighted by atomic mass is 9.84. The maximum Gasteiger partial charge on any atom is 0.0434 e. The molecule has 0 nitrogen and oxygen atoms in total. The van der Waals surface area contributed by atoms with E-state index in [2.05, 4.69) is 303 Å². The van der Waals surface area contributed by atoms with Gasteiger partial charge in [-0.3, -0.25) is 0 Å². The summed E-state index contributed by atoms with van der Waals surface area (Å²) in [6, 6.07) is 114. The zero-order chi connectivity index (χ0) is 56.4. The van der Waals surface area contributed by atoms with Crippen molar-refractivity contribution in [2.45, 2.75) is 0 Å². The highest BCUT2D eigenvalue weighted by Gasteiger charge is 2.23. The van der Waals surface area contributed by atoms with Crippen molar-refractivity contribution < 1.29 is 0 Å². The average Bonchev–Trinajstić information content (AvgIpc) is 2.81. The van der Waals surface area contributed by atoms with Crippen molar-refractivity contribution >= 4 is 128 Å². The van der Waals surface area contributed by atoms with Crippen molar-refractivity contribution in [3.63, 3.8) is 0 Å². The number of rotatable bonds is 7. The molecule has 18 rings (SSSR count). The predicted molar refractivity (Wildman–Crippen MR) is 375 cm³/mol. The van der Waals surface area contributed by atoms with Crippen molar-refractivity contribution in [3.8, 4) is 77.9 Å². The van der Waals surface area contributed by atoms with Gasteiger partial charge in [-0.2, -0.15) is 0 Å². The first-order valence-corrected chi connectivity index (χ1v) is 31.3. The molecule has 0 amide bonds. The van der Waals surface area contributed by atoms with E-state index in [9.17, 15) is 0 Å². The summed E-state index contributed by atoms with van der Waals surface area (Å²) in [7, 11) is 0. The number of thiophene rings is 2. The number of benzene rings is 16. The van der Waals surface area contributed by atoms with Crippen LogP contribution in [0.1, 0.15) is 0 Å². The second-order valence-corrected chi connectivity index (χ2v) is 25.0. The Morgan fingerprint density at radius 2 is 0.535 bits per heavy atom. The Hall–Kier alpha value is -10.5. The zero-order valence-electron chi connectivity index (χ0n) is 46.7. The average molecular weight is 1120 g/mol. The first-order valence-electron chi connectivity index (χ1n) is 29.6. The minimum Gasteiger partial charge on any atom is -0.135 e. The smallest absolute Gasteiger partial charge is 0.0434 e. The summed E-state index contributed by atoms with van der Waals surface area (Å²) in [4.78, 5) is 0. The third-order valence-electron chi connectivity index (χ3n) is 18.2. The largest absolute Gasteiger partial charge is 0.135 e. The van der Waals surface area contributed by atoms with Gasteiger partial charge >= 0.3 is 0 Å². The molecule has 2 heteroatoms. The lowest BCUT2D eigenvalue weighted by Crippen LogP contribution is -1.91. The molecule has 2 aromatic heterocycles. The van der Waals surface area contributed by atoms with Gasteiger partial charge in [-0.05, 0) is 167 Å². The molecule has 0 fully saturated rings. The first kappa shape index (κ1) is 49.0. The standard InChI is InChI=1S/C84H50S2/c1-3-19-53(20-4-1)78-67-26-11-13-28-69(67)81(70-29-14-12-27-68(70)78)75-35-17-34-74-73-33-16-31-63(83(73)86-84(74)75)59-41-38-52-36-39-56(47-61(52)48-59)57-42-45-71-76(49-57)80(66-25-10-9-24-65(66)79(71)54-21-5-2-6-22-54)60-43-44-64-72-32-15-30-62(82(72)85-77(64)50-60)58-40-37-51-18-7-8-23-55(51)46-58/h1-50H. The van der Waals surface area contributed by atoms with Crippen molar-refractivity contribution in [1.29, 1.82) is 0 Å². The highest BCUT2D eigenvalue weighted by atomic mass is 32.1. The van der Waals surface area contributed by atoms with Gasteiger partial charge in [0.05, 0.1) is 0 Å². The van der Waals surface area contributed by atoms with Crippen LogP contribution in [-0.4, -0.2) is 0 Å². The molecule has 0 aliphatic rings. The molecular weight excluding hydrogens is 1070 g/mol. The van der Waals surface area contributed by atoms with E-state index in [1.807, 2.05) is 22.7 Å². The molecule has 0 unspecified atom stereocenters. The molecule has 0 radical (unpaired) electrons. The minimum atomic E-state index is 1.19. The first-order chi connectivity index (χ1) is 42.6. The SMILES string of the molecule is c1ccc(-c2c3ccccc3c(-c3ccc4c(c3)sc3c(-c5ccc6ccccc6c5)cccc34)c3cc(-c4ccc5ccc(-c6cccc7c6sc6c(-c8c9ccccc9c(-c9ccccc9)c9ccccc89)cccc67)cc5c4)ccc23)cc1. The van der Waals surface area contributed by atoms with Crippen LogP contribution < -0.4 is 0 Å². The molecule has 0 N–H and O–H groups in total. The summed E-state index contributed by atoms with van der Waals surface area (Å²) in [6.45, 7) is 0. The molecule has 0 aliphatic carbocycles. The summed E-state index contributed by atoms with van der Waals surface area (Å²) in [5, 5.41) is 20.2. The molecule has 0 bridgehead atoms. The Labute approximate surface area is 505 Å². The maximum atomic E-state index is 2.47. The van der Waals surface area contributed by atoms with Gasteiger partial charge in [0.1, 0.15) is 0 Å². The van der Waals surface area contributed by atoms with E-state index in [1.54, 1.807) is 0 Å². The van der Waals surface area contributed by atoms with Gasteiger partial charge in [0, 0.05) is 45.9 Å². The van der Waals surface area contributed by atoms with Crippen LogP contribution in [0.4, 0.5) is 0 Å². The maximum absolute atomic E-state index is 2.47. The Morgan fingerprint density at radius 3 is 1.13 bits per heavy atom. The van der Waals surface area contributed by atoms with Gasteiger partial charge in [-0.25, -0.2) is 0 Å². The second kappa shape index (κ2) is 19.6. The zero-order valence-corrected chi connectivity index (χ0v) is 48.3. The van der Waals surface area contributed by atoms with Crippen LogP contribution >= 0.6 is 22.7 Å². The van der Waals surface area contributed by atoms with Gasteiger partial charge in [0.25, 0.3) is 0 Å². The predicted octanol–water partition coefficient (Wildman–Crippen LogP) is 25.0. The van der Waals surface area contributed by atoms with E-state index < -0.39 is 0 Å². The highest BCUT2D eigenvalue weighted by molar-refractivity contribution is 7.27. The van der Waals surface area contributed by atoms with Crippen molar-refractivity contribution in [3.05, 3.63) is 303 Å². The van der Waals surface area contributed by atoms with E-state index in [0.29, 0.717) is 0 Å². The molecule has 0 saturated heterocycles. The minimum absolute atomic E-state index is 1.19. The fourth-order valence-electron chi connectivity index (χ4n) is 14.3. The molecular formula is C84H50S2. The normalized spacial score (nSPS) is 12.0. The summed E-state index contributed by atoms with van der Waals surface area (Å²) in [6.07, 6.45) is 0. The third kappa shape index (κ3) is 7.67. The number of hydrogen-bond donors (Lipinski definition) is 0. The molecule has 86 heavy (non-hydrogen) atoms. The summed E-state index contributed by atoms with van der Waals surface area (Å²) in [5.74, 6) is 0. The monoisotopic (exact) mass is 1120 g/mol. The van der Waals surface area contributed by atoms with E-state index in [4.69, 9.17) is 0 Å². The third-order valence-corrected chi connectivity index (χ3v) is 20.7. The summed E-state index contributed by atoms with van der Waals surface area (Å²) < 4.78 is 5.24. The Kier molecular flexibility index (Phi) is 11.1. The van der Waals surface area contributed by atoms with Gasteiger partial charge < -0.3 is 0 Å².